The minimum absolute atomic E-state index is 0.0234. The van der Waals surface area contributed by atoms with Crippen LogP contribution in [0.3, 0.4) is 0 Å². The van der Waals surface area contributed by atoms with Gasteiger partial charge in [0.2, 0.25) is 0 Å². The molecule has 0 bridgehead atoms. The van der Waals surface area contributed by atoms with E-state index in [0.29, 0.717) is 11.7 Å². The SMILES string of the molecule is CNc1nc2cc(-c3ccc4ncc(C(=O)N5CC5)n4c3)ccc2o1. The zero-order chi connectivity index (χ0) is 17.0. The second-order valence-electron chi connectivity index (χ2n) is 6.03. The molecule has 1 fully saturated rings. The average Bonchev–Trinajstić information content (AvgIpc) is 3.27. The fraction of sp³-hybridized carbons (Fsp3) is 0.167. The number of anilines is 1. The maximum absolute atomic E-state index is 12.4. The lowest BCUT2D eigenvalue weighted by molar-refractivity contribution is 0.0879. The number of oxazole rings is 1. The van der Waals surface area contributed by atoms with E-state index in [9.17, 15) is 4.79 Å². The molecule has 4 aromatic rings. The third kappa shape index (κ3) is 2.24. The summed E-state index contributed by atoms with van der Waals surface area (Å²) in [6, 6.07) is 10.3. The molecule has 3 aromatic heterocycles. The van der Waals surface area contributed by atoms with Crippen LogP contribution in [0.5, 0.6) is 0 Å². The van der Waals surface area contributed by atoms with Gasteiger partial charge in [0, 0.05) is 26.3 Å². The van der Waals surface area contributed by atoms with Crippen molar-refractivity contribution >= 4 is 28.7 Å². The monoisotopic (exact) mass is 333 g/mol. The van der Waals surface area contributed by atoms with Gasteiger partial charge in [-0.15, -0.1) is 0 Å². The molecular weight excluding hydrogens is 318 g/mol. The topological polar surface area (TPSA) is 75.4 Å². The molecular formula is C18H15N5O2. The minimum atomic E-state index is 0.0234. The van der Waals surface area contributed by atoms with E-state index in [4.69, 9.17) is 4.42 Å². The van der Waals surface area contributed by atoms with E-state index < -0.39 is 0 Å². The fourth-order valence-electron chi connectivity index (χ4n) is 2.94. The maximum atomic E-state index is 12.4. The van der Waals surface area contributed by atoms with Gasteiger partial charge < -0.3 is 14.6 Å². The molecule has 5 rings (SSSR count). The van der Waals surface area contributed by atoms with E-state index in [-0.39, 0.29) is 5.91 Å². The van der Waals surface area contributed by atoms with Gasteiger partial charge in [-0.1, -0.05) is 6.07 Å². The van der Waals surface area contributed by atoms with Crippen LogP contribution in [0.1, 0.15) is 10.5 Å². The number of rotatable bonds is 3. The molecule has 0 atom stereocenters. The zero-order valence-electron chi connectivity index (χ0n) is 13.6. The van der Waals surface area contributed by atoms with Crippen LogP contribution >= 0.6 is 0 Å². The Morgan fingerprint density at radius 3 is 2.84 bits per heavy atom. The fourth-order valence-corrected chi connectivity index (χ4v) is 2.94. The van der Waals surface area contributed by atoms with E-state index >= 15 is 0 Å². The number of imidazole rings is 1. The first-order valence-corrected chi connectivity index (χ1v) is 8.08. The Labute approximate surface area is 142 Å². The van der Waals surface area contributed by atoms with Crippen molar-refractivity contribution in [3.8, 4) is 11.1 Å². The molecule has 25 heavy (non-hydrogen) atoms. The molecule has 7 heteroatoms. The van der Waals surface area contributed by atoms with Gasteiger partial charge in [0.15, 0.2) is 5.58 Å². The molecule has 4 heterocycles. The summed E-state index contributed by atoms with van der Waals surface area (Å²) in [5.41, 5.74) is 4.86. The molecule has 1 amide bonds. The normalized spacial score (nSPS) is 13.6. The Kier molecular flexibility index (Phi) is 2.85. The summed E-state index contributed by atoms with van der Waals surface area (Å²) in [4.78, 5) is 22.9. The number of aromatic nitrogens is 3. The van der Waals surface area contributed by atoms with Crippen molar-refractivity contribution in [2.24, 2.45) is 0 Å². The number of nitrogens with one attached hydrogen (secondary N) is 1. The van der Waals surface area contributed by atoms with Crippen LogP contribution in [0.2, 0.25) is 0 Å². The van der Waals surface area contributed by atoms with Crippen molar-refractivity contribution in [3.05, 3.63) is 48.4 Å². The lowest BCUT2D eigenvalue weighted by atomic mass is 10.1. The zero-order valence-corrected chi connectivity index (χ0v) is 13.6. The van der Waals surface area contributed by atoms with Crippen LogP contribution < -0.4 is 5.32 Å². The molecule has 0 saturated carbocycles. The molecule has 0 spiro atoms. The first-order valence-electron chi connectivity index (χ1n) is 8.08. The summed E-state index contributed by atoms with van der Waals surface area (Å²) >= 11 is 0. The largest absolute Gasteiger partial charge is 0.424 e. The van der Waals surface area contributed by atoms with Crippen LogP contribution in [0.4, 0.5) is 6.01 Å². The Hall–Kier alpha value is -3.35. The predicted molar refractivity (Wildman–Crippen MR) is 93.6 cm³/mol. The van der Waals surface area contributed by atoms with Gasteiger partial charge in [-0.2, -0.15) is 4.98 Å². The van der Waals surface area contributed by atoms with Crippen molar-refractivity contribution in [1.82, 2.24) is 19.3 Å². The number of hydrogen-bond acceptors (Lipinski definition) is 5. The summed E-state index contributed by atoms with van der Waals surface area (Å²) in [6.45, 7) is 1.64. The third-order valence-electron chi connectivity index (χ3n) is 4.39. The van der Waals surface area contributed by atoms with Crippen molar-refractivity contribution in [1.29, 1.82) is 0 Å². The Balaban J connectivity index is 1.62. The number of hydrogen-bond donors (Lipinski definition) is 1. The average molecular weight is 333 g/mol. The van der Waals surface area contributed by atoms with E-state index in [1.165, 1.54) is 0 Å². The highest BCUT2D eigenvalue weighted by Crippen LogP contribution is 2.27. The van der Waals surface area contributed by atoms with Gasteiger partial charge in [-0.05, 0) is 35.4 Å². The molecule has 1 aliphatic rings. The molecule has 124 valence electrons. The molecule has 1 aliphatic heterocycles. The number of pyridine rings is 1. The van der Waals surface area contributed by atoms with Crippen molar-refractivity contribution in [2.75, 3.05) is 25.5 Å². The molecule has 1 aromatic carbocycles. The van der Waals surface area contributed by atoms with E-state index in [1.54, 1.807) is 18.1 Å². The number of fused-ring (bicyclic) bond motifs is 2. The van der Waals surface area contributed by atoms with E-state index in [0.717, 1.165) is 41.0 Å². The lowest BCUT2D eigenvalue weighted by Gasteiger charge is -2.05. The van der Waals surface area contributed by atoms with Gasteiger partial charge >= 0.3 is 0 Å². The molecule has 0 unspecified atom stereocenters. The number of amides is 1. The van der Waals surface area contributed by atoms with Crippen molar-refractivity contribution in [3.63, 3.8) is 0 Å². The second kappa shape index (κ2) is 5.07. The Bertz CT molecular complexity index is 1120. The van der Waals surface area contributed by atoms with E-state index in [2.05, 4.69) is 15.3 Å². The van der Waals surface area contributed by atoms with Gasteiger partial charge in [-0.25, -0.2) is 4.98 Å². The molecule has 1 N–H and O–H groups in total. The van der Waals surface area contributed by atoms with Crippen LogP contribution in [0, 0.1) is 0 Å². The predicted octanol–water partition coefficient (Wildman–Crippen LogP) is 2.64. The summed E-state index contributed by atoms with van der Waals surface area (Å²) in [6.07, 6.45) is 3.58. The quantitative estimate of drug-likeness (QED) is 0.583. The van der Waals surface area contributed by atoms with Gasteiger partial charge in [-0.3, -0.25) is 9.20 Å². The molecule has 1 saturated heterocycles. The number of carbonyl (C=O) groups excluding carboxylic acids is 1. The molecule has 0 radical (unpaired) electrons. The highest BCUT2D eigenvalue weighted by atomic mass is 16.4. The van der Waals surface area contributed by atoms with Crippen molar-refractivity contribution in [2.45, 2.75) is 0 Å². The van der Waals surface area contributed by atoms with Crippen molar-refractivity contribution < 1.29 is 9.21 Å². The minimum Gasteiger partial charge on any atom is -0.424 e. The summed E-state index contributed by atoms with van der Waals surface area (Å²) < 4.78 is 7.41. The van der Waals surface area contributed by atoms with E-state index in [1.807, 2.05) is 40.9 Å². The van der Waals surface area contributed by atoms with Gasteiger partial charge in [0.25, 0.3) is 11.9 Å². The van der Waals surface area contributed by atoms with Gasteiger partial charge in [0.1, 0.15) is 16.9 Å². The first-order chi connectivity index (χ1) is 12.2. The number of carbonyl (C=O) groups is 1. The summed E-state index contributed by atoms with van der Waals surface area (Å²) in [5.74, 6) is 0.0234. The van der Waals surface area contributed by atoms with Crippen LogP contribution in [-0.2, 0) is 0 Å². The molecule has 7 nitrogen and oxygen atoms in total. The highest BCUT2D eigenvalue weighted by molar-refractivity contribution is 5.95. The first kappa shape index (κ1) is 14.0. The second-order valence-corrected chi connectivity index (χ2v) is 6.03. The summed E-state index contributed by atoms with van der Waals surface area (Å²) in [5, 5.41) is 2.90. The Morgan fingerprint density at radius 1 is 1.20 bits per heavy atom. The third-order valence-corrected chi connectivity index (χ3v) is 4.39. The standard InChI is InChI=1S/C18H15N5O2/c1-19-18-21-13-8-11(2-4-15(13)25-18)12-3-5-16-20-9-14(23(16)10-12)17(24)22-6-7-22/h2-5,8-10H,6-7H2,1H3,(H,19,21). The van der Waals surface area contributed by atoms with Crippen LogP contribution in [0.15, 0.2) is 47.1 Å². The smallest absolute Gasteiger partial charge is 0.295 e. The molecule has 0 aliphatic carbocycles. The highest BCUT2D eigenvalue weighted by Gasteiger charge is 2.27. The van der Waals surface area contributed by atoms with Crippen LogP contribution in [-0.4, -0.2) is 45.3 Å². The number of benzene rings is 1. The lowest BCUT2D eigenvalue weighted by Crippen LogP contribution is -2.13. The Morgan fingerprint density at radius 2 is 2.04 bits per heavy atom. The number of nitrogens with zero attached hydrogens (tertiary/aromatic N) is 4. The summed E-state index contributed by atoms with van der Waals surface area (Å²) in [7, 11) is 1.77. The van der Waals surface area contributed by atoms with Gasteiger partial charge in [0.05, 0.1) is 6.20 Å². The maximum Gasteiger partial charge on any atom is 0.295 e. The van der Waals surface area contributed by atoms with Crippen LogP contribution in [0.25, 0.3) is 27.9 Å².